The SMILES string of the molecule is CCO[C@@H]1O[C@H](CO)[C@@H]2O[C@H]12. The molecule has 2 fully saturated rings. The number of ether oxygens (including phenoxy) is 3. The molecule has 0 aromatic rings. The van der Waals surface area contributed by atoms with Crippen molar-refractivity contribution < 1.29 is 19.3 Å². The van der Waals surface area contributed by atoms with Gasteiger partial charge in [-0.1, -0.05) is 0 Å². The molecule has 0 aromatic heterocycles. The number of hydrogen-bond donors (Lipinski definition) is 1. The van der Waals surface area contributed by atoms with Gasteiger partial charge < -0.3 is 19.3 Å². The van der Waals surface area contributed by atoms with E-state index in [2.05, 4.69) is 0 Å². The lowest BCUT2D eigenvalue weighted by molar-refractivity contribution is -0.177. The van der Waals surface area contributed by atoms with Gasteiger partial charge in [0.15, 0.2) is 6.29 Å². The van der Waals surface area contributed by atoms with Crippen LogP contribution >= 0.6 is 0 Å². The van der Waals surface area contributed by atoms with Crippen LogP contribution in [0.25, 0.3) is 0 Å². The van der Waals surface area contributed by atoms with Crippen molar-refractivity contribution in [3.8, 4) is 0 Å². The molecular weight excluding hydrogens is 148 g/mol. The molecule has 2 aliphatic heterocycles. The van der Waals surface area contributed by atoms with Gasteiger partial charge >= 0.3 is 0 Å². The van der Waals surface area contributed by atoms with Crippen LogP contribution in [-0.4, -0.2) is 42.9 Å². The fraction of sp³-hybridized carbons (Fsp3) is 1.00. The first kappa shape index (κ1) is 7.49. The van der Waals surface area contributed by atoms with Gasteiger partial charge in [0.1, 0.15) is 18.3 Å². The molecule has 2 aliphatic rings. The molecule has 11 heavy (non-hydrogen) atoms. The Labute approximate surface area is 65.1 Å². The van der Waals surface area contributed by atoms with E-state index in [0.717, 1.165) is 0 Å². The summed E-state index contributed by atoms with van der Waals surface area (Å²) >= 11 is 0. The molecular formula is C7H12O4. The lowest BCUT2D eigenvalue weighted by atomic mass is 10.2. The maximum absolute atomic E-state index is 8.79. The summed E-state index contributed by atoms with van der Waals surface area (Å²) < 4.78 is 15.8. The van der Waals surface area contributed by atoms with E-state index in [1.54, 1.807) is 0 Å². The number of hydrogen-bond acceptors (Lipinski definition) is 4. The molecule has 4 nitrogen and oxygen atoms in total. The number of epoxide rings is 1. The Morgan fingerprint density at radius 3 is 2.73 bits per heavy atom. The van der Waals surface area contributed by atoms with E-state index in [1.165, 1.54) is 0 Å². The maximum Gasteiger partial charge on any atom is 0.186 e. The highest BCUT2D eigenvalue weighted by Crippen LogP contribution is 2.39. The Hall–Kier alpha value is -0.160. The number of aliphatic hydroxyl groups excluding tert-OH is 1. The third kappa shape index (κ3) is 1.16. The number of fused-ring (bicyclic) bond motifs is 1. The monoisotopic (exact) mass is 160 g/mol. The first-order valence-corrected chi connectivity index (χ1v) is 3.90. The summed E-state index contributed by atoms with van der Waals surface area (Å²) in [7, 11) is 0. The fourth-order valence-corrected chi connectivity index (χ4v) is 1.43. The highest BCUT2D eigenvalue weighted by atomic mass is 16.8. The average Bonchev–Trinajstić information content (AvgIpc) is 2.72. The van der Waals surface area contributed by atoms with E-state index in [-0.39, 0.29) is 31.2 Å². The van der Waals surface area contributed by atoms with Crippen molar-refractivity contribution in [2.45, 2.75) is 31.5 Å². The molecule has 2 saturated heterocycles. The second kappa shape index (κ2) is 2.71. The van der Waals surface area contributed by atoms with Crippen molar-refractivity contribution in [1.82, 2.24) is 0 Å². The lowest BCUT2D eigenvalue weighted by Crippen LogP contribution is -2.24. The molecule has 0 saturated carbocycles. The number of rotatable bonds is 3. The first-order chi connectivity index (χ1) is 5.36. The standard InChI is InChI=1S/C7H12O4/c1-2-9-7-6-5(11-6)4(3-8)10-7/h4-8H,2-3H2,1H3/t4-,5+,6+,7-/m1/s1. The van der Waals surface area contributed by atoms with Crippen LogP contribution in [0.2, 0.25) is 0 Å². The third-order valence-corrected chi connectivity index (χ3v) is 2.02. The molecule has 0 unspecified atom stereocenters. The predicted molar refractivity (Wildman–Crippen MR) is 36.0 cm³/mol. The van der Waals surface area contributed by atoms with E-state index in [9.17, 15) is 0 Å². The Kier molecular flexibility index (Phi) is 1.85. The van der Waals surface area contributed by atoms with Crippen LogP contribution in [0.3, 0.4) is 0 Å². The quantitative estimate of drug-likeness (QED) is 0.566. The Morgan fingerprint density at radius 1 is 1.36 bits per heavy atom. The van der Waals surface area contributed by atoms with Crippen LogP contribution < -0.4 is 0 Å². The smallest absolute Gasteiger partial charge is 0.186 e. The van der Waals surface area contributed by atoms with Crippen molar-refractivity contribution in [3.63, 3.8) is 0 Å². The minimum atomic E-state index is -0.248. The highest BCUT2D eigenvalue weighted by molar-refractivity contribution is 4.99. The summed E-state index contributed by atoms with van der Waals surface area (Å²) in [6, 6.07) is 0. The molecule has 64 valence electrons. The van der Waals surface area contributed by atoms with Gasteiger partial charge in [-0.25, -0.2) is 0 Å². The largest absolute Gasteiger partial charge is 0.394 e. The molecule has 0 aromatic carbocycles. The van der Waals surface area contributed by atoms with Gasteiger partial charge in [-0.05, 0) is 6.92 Å². The van der Waals surface area contributed by atoms with Gasteiger partial charge in [0.05, 0.1) is 6.61 Å². The van der Waals surface area contributed by atoms with Crippen molar-refractivity contribution in [3.05, 3.63) is 0 Å². The zero-order chi connectivity index (χ0) is 7.84. The third-order valence-electron chi connectivity index (χ3n) is 2.02. The highest BCUT2D eigenvalue weighted by Gasteiger charge is 2.58. The number of aliphatic hydroxyl groups is 1. The van der Waals surface area contributed by atoms with Crippen molar-refractivity contribution in [1.29, 1.82) is 0 Å². The molecule has 1 N–H and O–H groups in total. The molecule has 0 aliphatic carbocycles. The summed E-state index contributed by atoms with van der Waals surface area (Å²) in [5.74, 6) is 0. The van der Waals surface area contributed by atoms with E-state index in [1.807, 2.05) is 6.92 Å². The summed E-state index contributed by atoms with van der Waals surface area (Å²) in [5.41, 5.74) is 0. The Bertz CT molecular complexity index is 149. The maximum atomic E-state index is 8.79. The molecule has 0 radical (unpaired) electrons. The van der Waals surface area contributed by atoms with Gasteiger partial charge in [0, 0.05) is 6.61 Å². The minimum Gasteiger partial charge on any atom is -0.394 e. The van der Waals surface area contributed by atoms with Gasteiger partial charge in [-0.2, -0.15) is 0 Å². The second-order valence-electron chi connectivity index (χ2n) is 2.75. The van der Waals surface area contributed by atoms with Crippen LogP contribution in [0.4, 0.5) is 0 Å². The molecule has 0 amide bonds. The summed E-state index contributed by atoms with van der Waals surface area (Å²) in [6.45, 7) is 2.55. The molecule has 2 heterocycles. The van der Waals surface area contributed by atoms with Crippen LogP contribution in [0, 0.1) is 0 Å². The summed E-state index contributed by atoms with van der Waals surface area (Å²) in [4.78, 5) is 0. The van der Waals surface area contributed by atoms with Crippen LogP contribution in [0.15, 0.2) is 0 Å². The predicted octanol–water partition coefficient (Wildman–Crippen LogP) is -0.493. The van der Waals surface area contributed by atoms with Crippen molar-refractivity contribution >= 4 is 0 Å². The normalized spacial score (nSPS) is 47.5. The molecule has 0 bridgehead atoms. The van der Waals surface area contributed by atoms with Crippen LogP contribution in [-0.2, 0) is 14.2 Å². The van der Waals surface area contributed by atoms with E-state index >= 15 is 0 Å². The molecule has 4 heteroatoms. The van der Waals surface area contributed by atoms with E-state index in [0.29, 0.717) is 6.61 Å². The average molecular weight is 160 g/mol. The van der Waals surface area contributed by atoms with E-state index < -0.39 is 0 Å². The van der Waals surface area contributed by atoms with Gasteiger partial charge in [0.2, 0.25) is 0 Å². The van der Waals surface area contributed by atoms with E-state index in [4.69, 9.17) is 19.3 Å². The Balaban J connectivity index is 1.87. The summed E-state index contributed by atoms with van der Waals surface area (Å²) in [6.07, 6.45) is -0.262. The van der Waals surface area contributed by atoms with Crippen LogP contribution in [0.5, 0.6) is 0 Å². The molecule has 4 atom stereocenters. The minimum absolute atomic E-state index is 0.0186. The van der Waals surface area contributed by atoms with Crippen molar-refractivity contribution in [2.75, 3.05) is 13.2 Å². The topological polar surface area (TPSA) is 51.2 Å². The first-order valence-electron chi connectivity index (χ1n) is 3.90. The van der Waals surface area contributed by atoms with Gasteiger partial charge in [0.25, 0.3) is 0 Å². The zero-order valence-electron chi connectivity index (χ0n) is 6.40. The van der Waals surface area contributed by atoms with Crippen molar-refractivity contribution in [2.24, 2.45) is 0 Å². The fourth-order valence-electron chi connectivity index (χ4n) is 1.43. The van der Waals surface area contributed by atoms with Crippen LogP contribution in [0.1, 0.15) is 6.92 Å². The lowest BCUT2D eigenvalue weighted by Gasteiger charge is -2.14. The Morgan fingerprint density at radius 2 is 2.18 bits per heavy atom. The van der Waals surface area contributed by atoms with Gasteiger partial charge in [-0.15, -0.1) is 0 Å². The van der Waals surface area contributed by atoms with Gasteiger partial charge in [-0.3, -0.25) is 0 Å². The molecule has 0 spiro atoms. The zero-order valence-corrected chi connectivity index (χ0v) is 6.40. The molecule has 2 rings (SSSR count). The second-order valence-corrected chi connectivity index (χ2v) is 2.75. The summed E-state index contributed by atoms with van der Waals surface area (Å²) in [5, 5.41) is 8.79.